The van der Waals surface area contributed by atoms with Crippen LogP contribution in [0.3, 0.4) is 0 Å². The molecule has 1 aliphatic heterocycles. The number of nitrogens with one attached hydrogen (secondary N) is 1. The summed E-state index contributed by atoms with van der Waals surface area (Å²) < 4.78 is 0. The maximum Gasteiger partial charge on any atom is 0.225 e. The molecule has 1 aromatic heterocycles. The lowest BCUT2D eigenvalue weighted by Gasteiger charge is -2.36. The van der Waals surface area contributed by atoms with Gasteiger partial charge in [0.15, 0.2) is 5.96 Å². The van der Waals surface area contributed by atoms with Gasteiger partial charge in [0.25, 0.3) is 0 Å². The summed E-state index contributed by atoms with van der Waals surface area (Å²) >= 11 is 0. The summed E-state index contributed by atoms with van der Waals surface area (Å²) in [6.45, 7) is 11.8. The summed E-state index contributed by atoms with van der Waals surface area (Å²) in [5, 5.41) is 3.44. The minimum absolute atomic E-state index is 0.799. The predicted molar refractivity (Wildman–Crippen MR) is 111 cm³/mol. The Kier molecular flexibility index (Phi) is 6.63. The van der Waals surface area contributed by atoms with E-state index in [4.69, 9.17) is 4.99 Å². The van der Waals surface area contributed by atoms with E-state index in [-0.39, 0.29) is 0 Å². The molecule has 2 heterocycles. The molecular weight excluding hydrogens is 336 g/mol. The van der Waals surface area contributed by atoms with Crippen LogP contribution in [0.15, 0.2) is 41.7 Å². The third kappa shape index (κ3) is 5.42. The molecule has 0 aliphatic carbocycles. The Labute approximate surface area is 162 Å². The summed E-state index contributed by atoms with van der Waals surface area (Å²) in [5.41, 5.74) is 4.00. The number of aryl methyl sites for hydroxylation is 2. The smallest absolute Gasteiger partial charge is 0.225 e. The van der Waals surface area contributed by atoms with E-state index in [1.807, 2.05) is 6.07 Å². The fraction of sp³-hybridized carbons (Fsp3) is 0.476. The highest BCUT2D eigenvalue weighted by molar-refractivity contribution is 5.80. The van der Waals surface area contributed by atoms with Crippen LogP contribution >= 0.6 is 0 Å². The molecule has 0 amide bonds. The van der Waals surface area contributed by atoms with Gasteiger partial charge in [-0.25, -0.2) is 9.97 Å². The van der Waals surface area contributed by atoms with Crippen molar-refractivity contribution in [2.24, 2.45) is 4.99 Å². The van der Waals surface area contributed by atoms with Crippen molar-refractivity contribution in [1.82, 2.24) is 20.2 Å². The predicted octanol–water partition coefficient (Wildman–Crippen LogP) is 2.42. The molecule has 1 aliphatic rings. The second-order valence-corrected chi connectivity index (χ2v) is 7.00. The molecule has 0 bridgehead atoms. The zero-order valence-electron chi connectivity index (χ0n) is 16.6. The van der Waals surface area contributed by atoms with Crippen molar-refractivity contribution < 1.29 is 0 Å². The average Bonchev–Trinajstić information content (AvgIpc) is 2.67. The second-order valence-electron chi connectivity index (χ2n) is 7.00. The summed E-state index contributed by atoms with van der Waals surface area (Å²) in [7, 11) is 0. The normalized spacial score (nSPS) is 15.1. The van der Waals surface area contributed by atoms with Gasteiger partial charge in [-0.1, -0.05) is 29.3 Å². The highest BCUT2D eigenvalue weighted by Gasteiger charge is 2.20. The molecule has 6 nitrogen and oxygen atoms in total. The Balaban J connectivity index is 1.57. The lowest BCUT2D eigenvalue weighted by Crippen LogP contribution is -2.53. The van der Waals surface area contributed by atoms with Crippen LogP contribution in [0.4, 0.5) is 5.95 Å². The Bertz CT molecular complexity index is 730. The maximum atomic E-state index is 4.87. The molecule has 3 rings (SSSR count). The number of rotatable bonds is 5. The van der Waals surface area contributed by atoms with E-state index in [2.05, 4.69) is 64.1 Å². The van der Waals surface area contributed by atoms with Crippen molar-refractivity contribution in [2.75, 3.05) is 44.2 Å². The minimum Gasteiger partial charge on any atom is -0.357 e. The van der Waals surface area contributed by atoms with E-state index in [1.165, 1.54) is 16.7 Å². The van der Waals surface area contributed by atoms with Gasteiger partial charge in [0.1, 0.15) is 0 Å². The number of nitrogens with zero attached hydrogens (tertiary/aromatic N) is 5. The highest BCUT2D eigenvalue weighted by atomic mass is 15.4. The SMILES string of the molecule is CCNC(=NCCc1cc(C)cc(C)c1)N1CCN(c2ncccn2)CC1. The summed E-state index contributed by atoms with van der Waals surface area (Å²) in [6.07, 6.45) is 4.57. The van der Waals surface area contributed by atoms with Gasteiger partial charge in [0.2, 0.25) is 5.95 Å². The van der Waals surface area contributed by atoms with Gasteiger partial charge in [0, 0.05) is 51.7 Å². The molecule has 0 atom stereocenters. The zero-order valence-corrected chi connectivity index (χ0v) is 16.6. The van der Waals surface area contributed by atoms with Crippen LogP contribution in [0.5, 0.6) is 0 Å². The van der Waals surface area contributed by atoms with Gasteiger partial charge < -0.3 is 15.1 Å². The Morgan fingerprint density at radius 3 is 2.33 bits per heavy atom. The zero-order chi connectivity index (χ0) is 19.1. The van der Waals surface area contributed by atoms with Gasteiger partial charge in [-0.2, -0.15) is 0 Å². The number of guanidine groups is 1. The summed E-state index contributed by atoms with van der Waals surface area (Å²) in [5.74, 6) is 1.82. The third-order valence-electron chi connectivity index (χ3n) is 4.69. The van der Waals surface area contributed by atoms with Crippen LogP contribution < -0.4 is 10.2 Å². The molecule has 6 heteroatoms. The first kappa shape index (κ1) is 19.1. The quantitative estimate of drug-likeness (QED) is 0.651. The number of hydrogen-bond donors (Lipinski definition) is 1. The van der Waals surface area contributed by atoms with E-state index in [1.54, 1.807) is 12.4 Å². The minimum atomic E-state index is 0.799. The molecule has 0 spiro atoms. The van der Waals surface area contributed by atoms with Gasteiger partial charge in [-0.15, -0.1) is 0 Å². The Hall–Kier alpha value is -2.63. The van der Waals surface area contributed by atoms with Crippen molar-refractivity contribution in [3.63, 3.8) is 0 Å². The molecule has 0 unspecified atom stereocenters. The molecule has 1 N–H and O–H groups in total. The van der Waals surface area contributed by atoms with Crippen LogP contribution in [0.25, 0.3) is 0 Å². The van der Waals surface area contributed by atoms with Crippen LogP contribution in [0, 0.1) is 13.8 Å². The molecule has 1 fully saturated rings. The van der Waals surface area contributed by atoms with Crippen molar-refractivity contribution in [3.8, 4) is 0 Å². The summed E-state index contributed by atoms with van der Waals surface area (Å²) in [4.78, 5) is 18.2. The number of aliphatic imine (C=N–C) groups is 1. The first-order valence-electron chi connectivity index (χ1n) is 9.78. The lowest BCUT2D eigenvalue weighted by atomic mass is 10.1. The maximum absolute atomic E-state index is 4.87. The molecule has 0 saturated carbocycles. The summed E-state index contributed by atoms with van der Waals surface area (Å²) in [6, 6.07) is 8.58. The molecule has 0 radical (unpaired) electrons. The average molecular weight is 367 g/mol. The number of piperazine rings is 1. The first-order chi connectivity index (χ1) is 13.2. The van der Waals surface area contributed by atoms with Crippen molar-refractivity contribution >= 4 is 11.9 Å². The van der Waals surface area contributed by atoms with Crippen molar-refractivity contribution in [1.29, 1.82) is 0 Å². The van der Waals surface area contributed by atoms with E-state index >= 15 is 0 Å². The van der Waals surface area contributed by atoms with Crippen molar-refractivity contribution in [2.45, 2.75) is 27.2 Å². The molecule has 2 aromatic rings. The topological polar surface area (TPSA) is 56.7 Å². The third-order valence-corrected chi connectivity index (χ3v) is 4.69. The number of aromatic nitrogens is 2. The van der Waals surface area contributed by atoms with Crippen LogP contribution in [-0.2, 0) is 6.42 Å². The van der Waals surface area contributed by atoms with Gasteiger partial charge in [0.05, 0.1) is 0 Å². The van der Waals surface area contributed by atoms with Crippen LogP contribution in [0.1, 0.15) is 23.6 Å². The number of benzene rings is 1. The standard InChI is InChI=1S/C21H30N6/c1-4-22-20(25-9-6-19-15-17(2)14-18(3)16-19)26-10-12-27(13-11-26)21-23-7-5-8-24-21/h5,7-8,14-16H,4,6,9-13H2,1-3H3,(H,22,25). The van der Waals surface area contributed by atoms with E-state index in [0.29, 0.717) is 0 Å². The molecule has 144 valence electrons. The highest BCUT2D eigenvalue weighted by Crippen LogP contribution is 2.11. The number of hydrogen-bond acceptors (Lipinski definition) is 4. The molecular formula is C21H30N6. The van der Waals surface area contributed by atoms with Gasteiger partial charge in [-0.05, 0) is 38.8 Å². The monoisotopic (exact) mass is 366 g/mol. The van der Waals surface area contributed by atoms with E-state index in [0.717, 1.165) is 57.6 Å². The van der Waals surface area contributed by atoms with Gasteiger partial charge >= 0.3 is 0 Å². The number of anilines is 1. The van der Waals surface area contributed by atoms with Crippen LogP contribution in [0.2, 0.25) is 0 Å². The van der Waals surface area contributed by atoms with Crippen molar-refractivity contribution in [3.05, 3.63) is 53.3 Å². The second kappa shape index (κ2) is 9.35. The fourth-order valence-corrected chi connectivity index (χ4v) is 3.50. The van der Waals surface area contributed by atoms with Gasteiger partial charge in [-0.3, -0.25) is 4.99 Å². The van der Waals surface area contributed by atoms with E-state index < -0.39 is 0 Å². The molecule has 1 saturated heterocycles. The lowest BCUT2D eigenvalue weighted by molar-refractivity contribution is 0.370. The molecule has 1 aromatic carbocycles. The van der Waals surface area contributed by atoms with E-state index in [9.17, 15) is 0 Å². The Morgan fingerprint density at radius 2 is 1.70 bits per heavy atom. The molecule has 27 heavy (non-hydrogen) atoms. The Morgan fingerprint density at radius 1 is 1.04 bits per heavy atom. The largest absolute Gasteiger partial charge is 0.357 e. The first-order valence-corrected chi connectivity index (χ1v) is 9.78. The fourth-order valence-electron chi connectivity index (χ4n) is 3.50. The van der Waals surface area contributed by atoms with Crippen LogP contribution in [-0.4, -0.2) is 60.1 Å².